The Morgan fingerprint density at radius 3 is 2.62 bits per heavy atom. The molecule has 3 N–H and O–H groups in total. The summed E-state index contributed by atoms with van der Waals surface area (Å²) in [6.45, 7) is 1.31. The van der Waals surface area contributed by atoms with Crippen molar-refractivity contribution in [3.05, 3.63) is 33.9 Å². The quantitative estimate of drug-likeness (QED) is 0.727. The molecule has 8 nitrogen and oxygen atoms in total. The predicted molar refractivity (Wildman–Crippen MR) is 111 cm³/mol. The van der Waals surface area contributed by atoms with Crippen LogP contribution in [0.5, 0.6) is 5.75 Å². The molecule has 3 amide bonds. The Morgan fingerprint density at radius 1 is 1.31 bits per heavy atom. The van der Waals surface area contributed by atoms with Crippen molar-refractivity contribution in [2.45, 2.75) is 12.8 Å². The molecule has 2 aliphatic heterocycles. The van der Waals surface area contributed by atoms with E-state index in [0.717, 1.165) is 5.75 Å². The minimum absolute atomic E-state index is 0.207. The minimum Gasteiger partial charge on any atom is -0.496 e. The molecule has 0 aromatic heterocycles. The average molecular weight is 440 g/mol. The highest BCUT2D eigenvalue weighted by molar-refractivity contribution is 8.02. The Balaban J connectivity index is 1.76. The molecule has 29 heavy (non-hydrogen) atoms. The van der Waals surface area contributed by atoms with Crippen LogP contribution in [0.3, 0.4) is 0 Å². The molecule has 1 aromatic carbocycles. The zero-order valence-corrected chi connectivity index (χ0v) is 17.5. The van der Waals surface area contributed by atoms with Crippen LogP contribution in [-0.4, -0.2) is 55.2 Å². The number of benzene rings is 1. The molecule has 2 heterocycles. The summed E-state index contributed by atoms with van der Waals surface area (Å²) in [6.07, 6.45) is 1.05. The number of nitrogens with zero attached hydrogens (tertiary/aromatic N) is 1. The molecule has 0 atom stereocenters. The minimum atomic E-state index is -0.422. The van der Waals surface area contributed by atoms with Crippen LogP contribution in [0.25, 0.3) is 0 Å². The van der Waals surface area contributed by atoms with Gasteiger partial charge in [-0.15, -0.1) is 11.8 Å². The van der Waals surface area contributed by atoms with E-state index in [9.17, 15) is 14.4 Å². The molecular weight excluding hydrogens is 418 g/mol. The lowest BCUT2D eigenvalue weighted by Crippen LogP contribution is -2.41. The van der Waals surface area contributed by atoms with Gasteiger partial charge in [0.05, 0.1) is 30.0 Å². The molecule has 1 saturated heterocycles. The standard InChI is InChI=1S/C19H22ClN3O5S/c1-27-15-9-14(22-18(25)16-10-29-7-6-28-16)13(20)8-12(15)19(26)23-4-2-11(3-5-23)17(21)24/h8-11H,2-7H2,1H3,(H2,21,24)(H,22,25). The number of thioether (sulfide) groups is 1. The van der Waals surface area contributed by atoms with Gasteiger partial charge >= 0.3 is 0 Å². The Kier molecular flexibility index (Phi) is 6.92. The molecule has 0 radical (unpaired) electrons. The van der Waals surface area contributed by atoms with Gasteiger partial charge in [0, 0.05) is 36.2 Å². The van der Waals surface area contributed by atoms with Crippen LogP contribution >= 0.6 is 23.4 Å². The number of carbonyl (C=O) groups excluding carboxylic acids is 3. The number of likely N-dealkylation sites (tertiary alicyclic amines) is 1. The smallest absolute Gasteiger partial charge is 0.291 e. The van der Waals surface area contributed by atoms with Crippen molar-refractivity contribution in [2.75, 3.05) is 37.9 Å². The molecule has 0 spiro atoms. The highest BCUT2D eigenvalue weighted by Crippen LogP contribution is 2.33. The number of methoxy groups -OCH3 is 1. The van der Waals surface area contributed by atoms with Crippen molar-refractivity contribution in [1.29, 1.82) is 0 Å². The van der Waals surface area contributed by atoms with E-state index in [1.54, 1.807) is 10.3 Å². The summed E-state index contributed by atoms with van der Waals surface area (Å²) in [6, 6.07) is 2.99. The number of ether oxygens (including phenoxy) is 2. The Labute approximate surface area is 177 Å². The van der Waals surface area contributed by atoms with Gasteiger partial charge in [-0.25, -0.2) is 0 Å². The molecular formula is C19H22ClN3O5S. The summed E-state index contributed by atoms with van der Waals surface area (Å²) in [4.78, 5) is 38.2. The van der Waals surface area contributed by atoms with Crippen molar-refractivity contribution >= 4 is 46.8 Å². The van der Waals surface area contributed by atoms with Crippen molar-refractivity contribution in [1.82, 2.24) is 4.90 Å². The van der Waals surface area contributed by atoms with Gasteiger partial charge < -0.3 is 25.4 Å². The Bertz CT molecular complexity index is 852. The third-order valence-electron chi connectivity index (χ3n) is 4.83. The van der Waals surface area contributed by atoms with Gasteiger partial charge in [-0.3, -0.25) is 14.4 Å². The average Bonchev–Trinajstić information content (AvgIpc) is 2.75. The first-order chi connectivity index (χ1) is 13.9. The lowest BCUT2D eigenvalue weighted by Gasteiger charge is -2.31. The first kappa shape index (κ1) is 21.3. The normalized spacial score (nSPS) is 17.2. The van der Waals surface area contributed by atoms with Crippen LogP contribution in [0.1, 0.15) is 23.2 Å². The number of nitrogens with one attached hydrogen (secondary N) is 1. The van der Waals surface area contributed by atoms with E-state index >= 15 is 0 Å². The highest BCUT2D eigenvalue weighted by atomic mass is 35.5. The number of primary amides is 1. The number of hydrogen-bond donors (Lipinski definition) is 2. The van der Waals surface area contributed by atoms with Gasteiger partial charge in [0.1, 0.15) is 5.75 Å². The number of nitrogens with two attached hydrogens (primary N) is 1. The van der Waals surface area contributed by atoms with E-state index in [0.29, 0.717) is 44.0 Å². The number of rotatable bonds is 5. The number of carbonyl (C=O) groups is 3. The summed E-state index contributed by atoms with van der Waals surface area (Å²) in [5.74, 6) is 0.0741. The number of halogens is 1. The van der Waals surface area contributed by atoms with E-state index in [2.05, 4.69) is 5.32 Å². The highest BCUT2D eigenvalue weighted by Gasteiger charge is 2.28. The SMILES string of the molecule is COc1cc(NC(=O)C2=CSCCO2)c(Cl)cc1C(=O)N1CCC(C(N)=O)CC1. The van der Waals surface area contributed by atoms with Gasteiger partial charge in [0.15, 0.2) is 5.76 Å². The van der Waals surface area contributed by atoms with Gasteiger partial charge in [-0.1, -0.05) is 11.6 Å². The lowest BCUT2D eigenvalue weighted by molar-refractivity contribution is -0.123. The third-order valence-corrected chi connectivity index (χ3v) is 5.92. The van der Waals surface area contributed by atoms with Gasteiger partial charge in [-0.05, 0) is 18.9 Å². The Hall–Kier alpha value is -2.39. The van der Waals surface area contributed by atoms with E-state index < -0.39 is 5.91 Å². The molecule has 1 aromatic rings. The molecule has 1 fully saturated rings. The second-order valence-electron chi connectivity index (χ2n) is 6.66. The zero-order valence-electron chi connectivity index (χ0n) is 15.9. The molecule has 0 aliphatic carbocycles. The molecule has 2 aliphatic rings. The number of piperidine rings is 1. The van der Waals surface area contributed by atoms with Crippen molar-refractivity contribution in [3.8, 4) is 5.75 Å². The fraction of sp³-hybridized carbons (Fsp3) is 0.421. The molecule has 0 saturated carbocycles. The summed E-state index contributed by atoms with van der Waals surface area (Å²) in [5.41, 5.74) is 5.95. The first-order valence-corrected chi connectivity index (χ1v) is 10.6. The lowest BCUT2D eigenvalue weighted by atomic mass is 9.95. The molecule has 0 unspecified atom stereocenters. The van der Waals surface area contributed by atoms with Crippen molar-refractivity contribution in [3.63, 3.8) is 0 Å². The molecule has 10 heteroatoms. The Morgan fingerprint density at radius 2 is 2.03 bits per heavy atom. The van der Waals surface area contributed by atoms with E-state index in [4.69, 9.17) is 26.8 Å². The monoisotopic (exact) mass is 439 g/mol. The first-order valence-electron chi connectivity index (χ1n) is 9.12. The summed E-state index contributed by atoms with van der Waals surface area (Å²) in [5, 5.41) is 4.54. The predicted octanol–water partition coefficient (Wildman–Crippen LogP) is 2.23. The van der Waals surface area contributed by atoms with E-state index in [1.807, 2.05) is 0 Å². The number of anilines is 1. The maximum atomic E-state index is 12.9. The fourth-order valence-electron chi connectivity index (χ4n) is 3.19. The van der Waals surface area contributed by atoms with Crippen LogP contribution in [0.4, 0.5) is 5.69 Å². The molecule has 0 bridgehead atoms. The van der Waals surface area contributed by atoms with Crippen LogP contribution in [0.2, 0.25) is 5.02 Å². The maximum Gasteiger partial charge on any atom is 0.291 e. The summed E-state index contributed by atoms with van der Waals surface area (Å²) in [7, 11) is 1.44. The van der Waals surface area contributed by atoms with Crippen LogP contribution in [0.15, 0.2) is 23.3 Å². The van der Waals surface area contributed by atoms with Crippen LogP contribution in [0, 0.1) is 5.92 Å². The van der Waals surface area contributed by atoms with Gasteiger partial charge in [0.25, 0.3) is 11.8 Å². The molecule has 3 rings (SSSR count). The fourth-order valence-corrected chi connectivity index (χ4v) is 4.03. The summed E-state index contributed by atoms with van der Waals surface area (Å²) < 4.78 is 10.7. The number of hydrogen-bond acceptors (Lipinski definition) is 6. The van der Waals surface area contributed by atoms with Crippen molar-refractivity contribution < 1.29 is 23.9 Å². The van der Waals surface area contributed by atoms with Gasteiger partial charge in [0.2, 0.25) is 5.91 Å². The van der Waals surface area contributed by atoms with Crippen molar-refractivity contribution in [2.24, 2.45) is 11.7 Å². The topological polar surface area (TPSA) is 111 Å². The van der Waals surface area contributed by atoms with E-state index in [-0.39, 0.29) is 34.1 Å². The third kappa shape index (κ3) is 4.97. The second kappa shape index (κ2) is 9.41. The van der Waals surface area contributed by atoms with Gasteiger partial charge in [-0.2, -0.15) is 0 Å². The molecule has 156 valence electrons. The summed E-state index contributed by atoms with van der Waals surface area (Å²) >= 11 is 7.81. The number of amides is 3. The van der Waals surface area contributed by atoms with E-state index in [1.165, 1.54) is 31.0 Å². The largest absolute Gasteiger partial charge is 0.496 e. The van der Waals surface area contributed by atoms with Crippen LogP contribution < -0.4 is 15.8 Å². The van der Waals surface area contributed by atoms with Crippen LogP contribution in [-0.2, 0) is 14.3 Å². The second-order valence-corrected chi connectivity index (χ2v) is 8.04. The zero-order chi connectivity index (χ0) is 21.0. The maximum absolute atomic E-state index is 12.9.